The first-order valence-electron chi connectivity index (χ1n) is 9.31. The Hall–Kier alpha value is -4.00. The number of para-hydroxylation sites is 1. The van der Waals surface area contributed by atoms with Gasteiger partial charge in [-0.25, -0.2) is 9.59 Å². The van der Waals surface area contributed by atoms with Crippen LogP contribution in [0.25, 0.3) is 0 Å². The van der Waals surface area contributed by atoms with Gasteiger partial charge in [-0.05, 0) is 54.6 Å². The Kier molecular flexibility index (Phi) is 6.89. The summed E-state index contributed by atoms with van der Waals surface area (Å²) in [6.07, 6.45) is 0. The molecule has 7 nitrogen and oxygen atoms in total. The van der Waals surface area contributed by atoms with E-state index in [9.17, 15) is 9.59 Å². The fourth-order valence-electron chi connectivity index (χ4n) is 2.85. The Morgan fingerprint density at radius 3 is 2.07 bits per heavy atom. The highest BCUT2D eigenvalue weighted by atomic mass is 16.5. The van der Waals surface area contributed by atoms with E-state index < -0.39 is 5.97 Å². The molecule has 0 spiro atoms. The molecule has 7 heteroatoms. The lowest BCUT2D eigenvalue weighted by Gasteiger charge is -2.13. The number of nitrogens with one attached hydrogen (secondary N) is 3. The minimum absolute atomic E-state index is 0.314. The van der Waals surface area contributed by atoms with Gasteiger partial charge in [-0.15, -0.1) is 0 Å². The molecule has 0 saturated carbocycles. The van der Waals surface area contributed by atoms with Crippen LogP contribution in [0.5, 0.6) is 5.75 Å². The molecule has 0 saturated heterocycles. The van der Waals surface area contributed by atoms with Gasteiger partial charge < -0.3 is 25.4 Å². The third-order valence-electron chi connectivity index (χ3n) is 4.36. The highest BCUT2D eigenvalue weighted by molar-refractivity contribution is 5.99. The first-order valence-corrected chi connectivity index (χ1v) is 9.31. The van der Waals surface area contributed by atoms with Gasteiger partial charge in [0.2, 0.25) is 0 Å². The van der Waals surface area contributed by atoms with Crippen molar-refractivity contribution in [2.24, 2.45) is 0 Å². The third-order valence-corrected chi connectivity index (χ3v) is 4.36. The average molecular weight is 405 g/mol. The fraction of sp³-hybridized carbons (Fsp3) is 0.130. The van der Waals surface area contributed by atoms with E-state index in [1.165, 1.54) is 7.11 Å². The van der Waals surface area contributed by atoms with Crippen LogP contribution in [-0.4, -0.2) is 26.2 Å². The summed E-state index contributed by atoms with van der Waals surface area (Å²) in [5, 5.41) is 8.83. The monoisotopic (exact) mass is 405 g/mol. The van der Waals surface area contributed by atoms with Gasteiger partial charge in [-0.1, -0.05) is 18.2 Å². The van der Waals surface area contributed by atoms with E-state index in [0.29, 0.717) is 23.5 Å². The largest absolute Gasteiger partial charge is 0.496 e. The number of anilines is 3. The van der Waals surface area contributed by atoms with E-state index in [0.717, 1.165) is 16.9 Å². The number of benzene rings is 3. The van der Waals surface area contributed by atoms with E-state index in [-0.39, 0.29) is 6.03 Å². The Morgan fingerprint density at radius 2 is 1.43 bits per heavy atom. The number of ether oxygens (including phenoxy) is 2. The smallest absolute Gasteiger partial charge is 0.337 e. The standard InChI is InChI=1S/C23H23N3O4/c1-29-21-13-8-16(22(27)30-2)14-17(21)15-24-18-9-11-20(12-10-18)26-23(28)25-19-6-4-3-5-7-19/h3-14,24H,15H2,1-2H3,(H2,25,26,28). The third kappa shape index (κ3) is 5.51. The predicted molar refractivity (Wildman–Crippen MR) is 117 cm³/mol. The second-order valence-electron chi connectivity index (χ2n) is 6.39. The van der Waals surface area contributed by atoms with Crippen molar-refractivity contribution in [2.75, 3.05) is 30.2 Å². The quantitative estimate of drug-likeness (QED) is 0.494. The van der Waals surface area contributed by atoms with E-state index in [4.69, 9.17) is 9.47 Å². The number of carbonyl (C=O) groups excluding carboxylic acids is 2. The SMILES string of the molecule is COC(=O)c1ccc(OC)c(CNc2ccc(NC(=O)Nc3ccccc3)cc2)c1. The van der Waals surface area contributed by atoms with Gasteiger partial charge in [0.15, 0.2) is 0 Å². The summed E-state index contributed by atoms with van der Waals surface area (Å²) in [7, 11) is 2.93. The van der Waals surface area contributed by atoms with Gasteiger partial charge in [0.25, 0.3) is 0 Å². The van der Waals surface area contributed by atoms with Crippen LogP contribution in [0.4, 0.5) is 21.9 Å². The highest BCUT2D eigenvalue weighted by Crippen LogP contribution is 2.22. The van der Waals surface area contributed by atoms with Crippen LogP contribution in [0.15, 0.2) is 72.8 Å². The van der Waals surface area contributed by atoms with Gasteiger partial charge in [-0.2, -0.15) is 0 Å². The number of hydrogen-bond donors (Lipinski definition) is 3. The van der Waals surface area contributed by atoms with Crippen LogP contribution in [0.2, 0.25) is 0 Å². The lowest BCUT2D eigenvalue weighted by atomic mass is 10.1. The molecule has 0 atom stereocenters. The maximum atomic E-state index is 12.1. The van der Waals surface area contributed by atoms with Crippen LogP contribution < -0.4 is 20.7 Å². The van der Waals surface area contributed by atoms with Crippen molar-refractivity contribution >= 4 is 29.1 Å². The molecule has 0 heterocycles. The number of esters is 1. The molecule has 0 aliphatic heterocycles. The number of rotatable bonds is 7. The number of hydrogen-bond acceptors (Lipinski definition) is 5. The van der Waals surface area contributed by atoms with Crippen molar-refractivity contribution in [3.63, 3.8) is 0 Å². The molecular formula is C23H23N3O4. The Balaban J connectivity index is 1.59. The molecule has 2 amide bonds. The summed E-state index contributed by atoms with van der Waals surface area (Å²) in [6, 6.07) is 21.4. The van der Waals surface area contributed by atoms with Crippen molar-refractivity contribution in [1.82, 2.24) is 0 Å². The molecule has 0 unspecified atom stereocenters. The van der Waals surface area contributed by atoms with Gasteiger partial charge >= 0.3 is 12.0 Å². The number of carbonyl (C=O) groups is 2. The molecule has 3 N–H and O–H groups in total. The normalized spacial score (nSPS) is 10.1. The van der Waals surface area contributed by atoms with Crippen LogP contribution >= 0.6 is 0 Å². The molecule has 3 aromatic rings. The van der Waals surface area contributed by atoms with Gasteiger partial charge in [0.05, 0.1) is 19.8 Å². The zero-order valence-electron chi connectivity index (χ0n) is 16.8. The molecular weight excluding hydrogens is 382 g/mol. The lowest BCUT2D eigenvalue weighted by Crippen LogP contribution is -2.19. The number of urea groups is 1. The zero-order chi connectivity index (χ0) is 21.3. The summed E-state index contributed by atoms with van der Waals surface area (Å²) in [5.74, 6) is 0.272. The molecule has 0 aromatic heterocycles. The summed E-state index contributed by atoms with van der Waals surface area (Å²) in [6.45, 7) is 0.454. The van der Waals surface area contributed by atoms with Crippen molar-refractivity contribution in [1.29, 1.82) is 0 Å². The summed E-state index contributed by atoms with van der Waals surface area (Å²) in [4.78, 5) is 23.8. The van der Waals surface area contributed by atoms with E-state index >= 15 is 0 Å². The van der Waals surface area contributed by atoms with Crippen LogP contribution in [0.3, 0.4) is 0 Å². The lowest BCUT2D eigenvalue weighted by molar-refractivity contribution is 0.0600. The van der Waals surface area contributed by atoms with E-state index in [1.54, 1.807) is 37.4 Å². The number of amides is 2. The van der Waals surface area contributed by atoms with E-state index in [2.05, 4.69) is 16.0 Å². The first kappa shape index (κ1) is 20.7. The minimum Gasteiger partial charge on any atom is -0.496 e. The van der Waals surface area contributed by atoms with Crippen molar-refractivity contribution < 1.29 is 19.1 Å². The van der Waals surface area contributed by atoms with E-state index in [1.807, 2.05) is 42.5 Å². The van der Waals surface area contributed by atoms with Gasteiger partial charge in [0, 0.05) is 29.2 Å². The molecule has 154 valence electrons. The average Bonchev–Trinajstić information content (AvgIpc) is 2.78. The molecule has 3 aromatic carbocycles. The Labute approximate surface area is 175 Å². The molecule has 0 bridgehead atoms. The van der Waals surface area contributed by atoms with Crippen molar-refractivity contribution in [2.45, 2.75) is 6.54 Å². The van der Waals surface area contributed by atoms with Crippen LogP contribution in [0.1, 0.15) is 15.9 Å². The Bertz CT molecular complexity index is 1000. The fourth-order valence-corrected chi connectivity index (χ4v) is 2.85. The first-order chi connectivity index (χ1) is 14.6. The van der Waals surface area contributed by atoms with Crippen molar-refractivity contribution in [3.05, 3.63) is 83.9 Å². The van der Waals surface area contributed by atoms with Gasteiger partial charge in [0.1, 0.15) is 5.75 Å². The molecule has 0 radical (unpaired) electrons. The van der Waals surface area contributed by atoms with Crippen LogP contribution in [-0.2, 0) is 11.3 Å². The highest BCUT2D eigenvalue weighted by Gasteiger charge is 2.10. The maximum absolute atomic E-state index is 12.1. The summed E-state index contributed by atoms with van der Waals surface area (Å²) < 4.78 is 10.1. The predicted octanol–water partition coefficient (Wildman–Crippen LogP) is 4.74. The van der Waals surface area contributed by atoms with Crippen LogP contribution in [0, 0.1) is 0 Å². The topological polar surface area (TPSA) is 88.7 Å². The molecule has 0 fully saturated rings. The Morgan fingerprint density at radius 1 is 0.800 bits per heavy atom. The minimum atomic E-state index is -0.400. The van der Waals surface area contributed by atoms with Gasteiger partial charge in [-0.3, -0.25) is 0 Å². The number of methoxy groups -OCH3 is 2. The molecule has 30 heavy (non-hydrogen) atoms. The molecule has 0 aliphatic carbocycles. The summed E-state index contributed by atoms with van der Waals surface area (Å²) in [5.41, 5.74) is 3.52. The zero-order valence-corrected chi connectivity index (χ0v) is 16.8. The molecule has 3 rings (SSSR count). The molecule has 0 aliphatic rings. The van der Waals surface area contributed by atoms with Crippen molar-refractivity contribution in [3.8, 4) is 5.75 Å². The second-order valence-corrected chi connectivity index (χ2v) is 6.39. The second kappa shape index (κ2) is 9.97. The maximum Gasteiger partial charge on any atom is 0.337 e. The summed E-state index contributed by atoms with van der Waals surface area (Å²) >= 11 is 0.